The van der Waals surface area contributed by atoms with Crippen LogP contribution in [0, 0.1) is 20.8 Å². The number of benzene rings is 2. The molecular weight excluding hydrogens is 494 g/mol. The monoisotopic (exact) mass is 527 g/mol. The number of aromatic nitrogens is 1. The van der Waals surface area contributed by atoms with E-state index in [1.807, 2.05) is 63.2 Å². The molecule has 0 aliphatic carbocycles. The Morgan fingerprint density at radius 2 is 1.85 bits per heavy atom. The van der Waals surface area contributed by atoms with Crippen molar-refractivity contribution in [2.75, 3.05) is 30.4 Å². The average Bonchev–Trinajstić information content (AvgIpc) is 3.31. The second kappa shape index (κ2) is 11.3. The van der Waals surface area contributed by atoms with Crippen molar-refractivity contribution in [1.82, 2.24) is 4.98 Å². The SMILES string of the molecule is COC(=O)c1cccc(COC2CCN(c3ccc(NC(=O)c4oc5c(C)c(C)ccc5c4C)cn3)CC2)c1. The van der Waals surface area contributed by atoms with E-state index in [0.29, 0.717) is 23.6 Å². The fourth-order valence-electron chi connectivity index (χ4n) is 4.94. The maximum atomic E-state index is 13.0. The van der Waals surface area contributed by atoms with Gasteiger partial charge in [-0.15, -0.1) is 0 Å². The third kappa shape index (κ3) is 5.66. The molecule has 1 fully saturated rings. The van der Waals surface area contributed by atoms with E-state index in [4.69, 9.17) is 13.9 Å². The second-order valence-electron chi connectivity index (χ2n) is 9.99. The van der Waals surface area contributed by atoms with Crippen LogP contribution in [-0.2, 0) is 16.1 Å². The molecule has 2 aromatic carbocycles. The van der Waals surface area contributed by atoms with Crippen LogP contribution in [0.5, 0.6) is 0 Å². The third-order valence-corrected chi connectivity index (χ3v) is 7.44. The Morgan fingerprint density at radius 1 is 1.05 bits per heavy atom. The minimum atomic E-state index is -0.349. The first-order chi connectivity index (χ1) is 18.8. The predicted octanol–water partition coefficient (Wildman–Crippen LogP) is 5.98. The van der Waals surface area contributed by atoms with Gasteiger partial charge >= 0.3 is 5.97 Å². The lowest BCUT2D eigenvalue weighted by Gasteiger charge is -2.32. The van der Waals surface area contributed by atoms with Gasteiger partial charge in [-0.25, -0.2) is 9.78 Å². The fourth-order valence-corrected chi connectivity index (χ4v) is 4.94. The normalized spacial score (nSPS) is 14.0. The molecule has 0 bridgehead atoms. The van der Waals surface area contributed by atoms with Crippen molar-refractivity contribution in [3.63, 3.8) is 0 Å². The molecule has 1 aliphatic heterocycles. The van der Waals surface area contributed by atoms with Gasteiger partial charge in [-0.2, -0.15) is 0 Å². The van der Waals surface area contributed by atoms with Crippen molar-refractivity contribution in [3.8, 4) is 0 Å². The molecule has 1 amide bonds. The number of pyridine rings is 1. The summed E-state index contributed by atoms with van der Waals surface area (Å²) < 4.78 is 16.9. The Balaban J connectivity index is 1.14. The summed E-state index contributed by atoms with van der Waals surface area (Å²) in [4.78, 5) is 31.5. The van der Waals surface area contributed by atoms with E-state index in [1.54, 1.807) is 12.3 Å². The highest BCUT2D eigenvalue weighted by Crippen LogP contribution is 2.30. The van der Waals surface area contributed by atoms with Crippen LogP contribution in [0.25, 0.3) is 11.0 Å². The van der Waals surface area contributed by atoms with E-state index >= 15 is 0 Å². The van der Waals surface area contributed by atoms with Crippen molar-refractivity contribution >= 4 is 34.4 Å². The van der Waals surface area contributed by atoms with Gasteiger partial charge in [0.1, 0.15) is 11.4 Å². The number of carbonyl (C=O) groups is 2. The Hall–Kier alpha value is -4.17. The molecule has 39 heavy (non-hydrogen) atoms. The summed E-state index contributed by atoms with van der Waals surface area (Å²) in [5, 5.41) is 3.87. The molecular formula is C31H33N3O5. The Morgan fingerprint density at radius 3 is 2.56 bits per heavy atom. The summed E-state index contributed by atoms with van der Waals surface area (Å²) in [6.07, 6.45) is 3.57. The number of furan rings is 1. The number of piperidine rings is 1. The molecule has 1 saturated heterocycles. The van der Waals surface area contributed by atoms with Crippen molar-refractivity contribution in [2.24, 2.45) is 0 Å². The van der Waals surface area contributed by atoms with E-state index in [2.05, 4.69) is 15.2 Å². The van der Waals surface area contributed by atoms with E-state index < -0.39 is 0 Å². The van der Waals surface area contributed by atoms with Gasteiger partial charge in [0.05, 0.1) is 37.3 Å². The van der Waals surface area contributed by atoms with Crippen LogP contribution < -0.4 is 10.2 Å². The molecule has 1 aliphatic rings. The number of nitrogens with zero attached hydrogens (tertiary/aromatic N) is 2. The Bertz CT molecular complexity index is 1500. The molecule has 2 aromatic heterocycles. The van der Waals surface area contributed by atoms with Gasteiger partial charge in [-0.3, -0.25) is 4.79 Å². The van der Waals surface area contributed by atoms with Gasteiger partial charge in [-0.1, -0.05) is 24.3 Å². The van der Waals surface area contributed by atoms with Gasteiger partial charge in [0.2, 0.25) is 0 Å². The van der Waals surface area contributed by atoms with Crippen molar-refractivity contribution in [2.45, 2.75) is 46.3 Å². The summed E-state index contributed by atoms with van der Waals surface area (Å²) in [5.74, 6) is 0.550. The molecule has 0 unspecified atom stereocenters. The van der Waals surface area contributed by atoms with Crippen LogP contribution in [0.4, 0.5) is 11.5 Å². The van der Waals surface area contributed by atoms with E-state index in [9.17, 15) is 9.59 Å². The maximum absolute atomic E-state index is 13.0. The molecule has 8 nitrogen and oxygen atoms in total. The highest BCUT2D eigenvalue weighted by molar-refractivity contribution is 6.06. The highest BCUT2D eigenvalue weighted by atomic mass is 16.5. The summed E-state index contributed by atoms with van der Waals surface area (Å²) in [6.45, 7) is 8.04. The number of rotatable bonds is 7. The number of methoxy groups -OCH3 is 1. The minimum Gasteiger partial charge on any atom is -0.465 e. The van der Waals surface area contributed by atoms with Crippen molar-refractivity contribution < 1.29 is 23.5 Å². The van der Waals surface area contributed by atoms with Crippen LogP contribution in [-0.4, -0.2) is 43.2 Å². The lowest BCUT2D eigenvalue weighted by atomic mass is 10.0. The van der Waals surface area contributed by atoms with Gasteiger partial charge in [0.25, 0.3) is 5.91 Å². The summed E-state index contributed by atoms with van der Waals surface area (Å²) in [7, 11) is 1.38. The van der Waals surface area contributed by atoms with Crippen LogP contribution in [0.3, 0.4) is 0 Å². The topological polar surface area (TPSA) is 93.9 Å². The number of aryl methyl sites for hydroxylation is 3. The Kier molecular flexibility index (Phi) is 7.65. The number of carbonyl (C=O) groups excluding carboxylic acids is 2. The molecule has 3 heterocycles. The van der Waals surface area contributed by atoms with E-state index in [0.717, 1.165) is 65.0 Å². The average molecular weight is 528 g/mol. The summed E-state index contributed by atoms with van der Waals surface area (Å²) >= 11 is 0. The third-order valence-electron chi connectivity index (χ3n) is 7.44. The lowest BCUT2D eigenvalue weighted by molar-refractivity contribution is 0.0250. The predicted molar refractivity (Wildman–Crippen MR) is 150 cm³/mol. The smallest absolute Gasteiger partial charge is 0.337 e. The van der Waals surface area contributed by atoms with Crippen LogP contribution in [0.15, 0.2) is 59.1 Å². The summed E-state index contributed by atoms with van der Waals surface area (Å²) in [5.41, 5.74) is 5.85. The second-order valence-corrected chi connectivity index (χ2v) is 9.99. The number of fused-ring (bicyclic) bond motifs is 1. The van der Waals surface area contributed by atoms with E-state index in [1.165, 1.54) is 7.11 Å². The molecule has 8 heteroatoms. The maximum Gasteiger partial charge on any atom is 0.337 e. The standard InChI is InChI=1S/C31H33N3O5/c1-19-8-10-26-21(3)29(39-28(26)20(19)2)30(35)33-24-9-11-27(32-17-24)34-14-12-25(13-15-34)38-18-22-6-5-7-23(16-22)31(36)37-4/h5-11,16-17,25H,12-15,18H2,1-4H3,(H,33,35). The van der Waals surface area contributed by atoms with Gasteiger partial charge < -0.3 is 24.1 Å². The van der Waals surface area contributed by atoms with Crippen LogP contribution in [0.2, 0.25) is 0 Å². The zero-order valence-electron chi connectivity index (χ0n) is 22.7. The van der Waals surface area contributed by atoms with Gasteiger partial charge in [-0.05, 0) is 74.6 Å². The van der Waals surface area contributed by atoms with Gasteiger partial charge in [0, 0.05) is 24.0 Å². The molecule has 0 saturated carbocycles. The highest BCUT2D eigenvalue weighted by Gasteiger charge is 2.22. The van der Waals surface area contributed by atoms with Crippen molar-refractivity contribution in [1.29, 1.82) is 0 Å². The zero-order valence-corrected chi connectivity index (χ0v) is 22.7. The minimum absolute atomic E-state index is 0.140. The number of amides is 1. The molecule has 0 radical (unpaired) electrons. The Labute approximate surface area is 227 Å². The lowest BCUT2D eigenvalue weighted by Crippen LogP contribution is -2.37. The van der Waals surface area contributed by atoms with Crippen LogP contribution >= 0.6 is 0 Å². The first kappa shape index (κ1) is 26.4. The molecule has 0 atom stereocenters. The van der Waals surface area contributed by atoms with Crippen molar-refractivity contribution in [3.05, 3.63) is 88.3 Å². The quantitative estimate of drug-likeness (QED) is 0.296. The molecule has 4 aromatic rings. The number of ether oxygens (including phenoxy) is 2. The molecule has 1 N–H and O–H groups in total. The zero-order chi connectivity index (χ0) is 27.5. The summed E-state index contributed by atoms with van der Waals surface area (Å²) in [6, 6.07) is 15.2. The first-order valence-corrected chi connectivity index (χ1v) is 13.1. The molecule has 5 rings (SSSR count). The van der Waals surface area contributed by atoms with Crippen LogP contribution in [0.1, 0.15) is 56.0 Å². The first-order valence-electron chi connectivity index (χ1n) is 13.1. The van der Waals surface area contributed by atoms with Gasteiger partial charge in [0.15, 0.2) is 5.76 Å². The molecule has 202 valence electrons. The number of anilines is 2. The number of hydrogen-bond acceptors (Lipinski definition) is 7. The van der Waals surface area contributed by atoms with E-state index in [-0.39, 0.29) is 18.0 Å². The number of esters is 1. The number of nitrogens with one attached hydrogen (secondary N) is 1. The largest absolute Gasteiger partial charge is 0.465 e. The molecule has 0 spiro atoms. The fraction of sp³-hybridized carbons (Fsp3) is 0.323. The number of hydrogen-bond donors (Lipinski definition) is 1.